The molecule has 8 rings (SSSR count). The lowest BCUT2D eigenvalue weighted by Gasteiger charge is -2.28. The van der Waals surface area contributed by atoms with Gasteiger partial charge in [0.15, 0.2) is 0 Å². The average Bonchev–Trinajstić information content (AvgIpc) is 3.52. The molecule has 1 fully saturated rings. The number of anilines is 4. The molecule has 0 aliphatic carbocycles. The Bertz CT molecular complexity index is 2330. The first kappa shape index (κ1) is 30.4. The van der Waals surface area contributed by atoms with Crippen molar-refractivity contribution in [3.05, 3.63) is 152 Å². The number of aromatic nitrogens is 1. The van der Waals surface area contributed by atoms with E-state index < -0.39 is 10.8 Å². The van der Waals surface area contributed by atoms with Crippen LogP contribution in [0.25, 0.3) is 38.6 Å². The van der Waals surface area contributed by atoms with Gasteiger partial charge in [0.2, 0.25) is 11.8 Å². The number of para-hydroxylation sites is 2. The van der Waals surface area contributed by atoms with Crippen LogP contribution in [-0.2, 0) is 9.59 Å². The lowest BCUT2D eigenvalue weighted by molar-refractivity contribution is -0.129. The van der Waals surface area contributed by atoms with E-state index in [1.54, 1.807) is 0 Å². The molecular formula is C44H37N3O2. The first-order valence-corrected chi connectivity index (χ1v) is 16.7. The summed E-state index contributed by atoms with van der Waals surface area (Å²) in [7, 11) is 0. The van der Waals surface area contributed by atoms with E-state index in [0.29, 0.717) is 5.69 Å². The smallest absolute Gasteiger partial charge is 0.240 e. The average molecular weight is 640 g/mol. The zero-order chi connectivity index (χ0) is 33.9. The number of imide groups is 1. The zero-order valence-corrected chi connectivity index (χ0v) is 28.1. The number of fused-ring (bicyclic) bond motifs is 3. The fraction of sp³-hybridized carbons (Fsp3) is 0.136. The molecule has 1 aromatic heterocycles. The van der Waals surface area contributed by atoms with Gasteiger partial charge in [-0.15, -0.1) is 0 Å². The maximum absolute atomic E-state index is 13.5. The largest absolute Gasteiger partial charge is 0.310 e. The summed E-state index contributed by atoms with van der Waals surface area (Å²) in [4.78, 5) is 30.6. The Morgan fingerprint density at radius 1 is 0.449 bits per heavy atom. The van der Waals surface area contributed by atoms with E-state index in [1.807, 2.05) is 64.1 Å². The molecule has 49 heavy (non-hydrogen) atoms. The molecule has 0 saturated carbocycles. The lowest BCUT2D eigenvalue weighted by Crippen LogP contribution is -2.35. The molecule has 0 spiro atoms. The quantitative estimate of drug-likeness (QED) is 0.170. The molecule has 2 heterocycles. The van der Waals surface area contributed by atoms with Crippen molar-refractivity contribution in [2.24, 2.45) is 10.8 Å². The number of carbonyl (C=O) groups excluding carboxylic acids is 2. The van der Waals surface area contributed by atoms with Crippen molar-refractivity contribution in [3.8, 4) is 16.8 Å². The van der Waals surface area contributed by atoms with Crippen molar-refractivity contribution in [1.82, 2.24) is 4.57 Å². The van der Waals surface area contributed by atoms with E-state index in [0.717, 1.165) is 50.3 Å². The molecule has 1 aliphatic rings. The van der Waals surface area contributed by atoms with Crippen molar-refractivity contribution in [2.45, 2.75) is 27.7 Å². The minimum absolute atomic E-state index is 0.177. The Morgan fingerprint density at radius 2 is 0.939 bits per heavy atom. The van der Waals surface area contributed by atoms with Crippen molar-refractivity contribution >= 4 is 56.4 Å². The summed E-state index contributed by atoms with van der Waals surface area (Å²) in [6.07, 6.45) is 0. The molecule has 0 bridgehead atoms. The summed E-state index contributed by atoms with van der Waals surface area (Å²) < 4.78 is 2.31. The van der Waals surface area contributed by atoms with E-state index >= 15 is 0 Å². The third kappa shape index (κ3) is 4.76. The highest BCUT2D eigenvalue weighted by atomic mass is 16.2. The van der Waals surface area contributed by atoms with Crippen LogP contribution < -0.4 is 9.80 Å². The van der Waals surface area contributed by atoms with Gasteiger partial charge >= 0.3 is 0 Å². The molecule has 1 aliphatic heterocycles. The summed E-state index contributed by atoms with van der Waals surface area (Å²) in [5.74, 6) is -0.354. The fourth-order valence-electron chi connectivity index (χ4n) is 7.01. The van der Waals surface area contributed by atoms with Gasteiger partial charge in [-0.05, 0) is 112 Å². The standard InChI is InChI=1S/C44H37N3O2/c1-43(2)41(48)47(42(49)44(43,3)4)35-25-23-34(24-26-35)45(33-21-19-31(20-22-33)30-13-7-5-8-14-30)36-27-28-40-38(29-36)37-17-11-12-18-39(37)46(40)32-15-9-6-10-16-32/h5-29H,1-4H3. The Labute approximate surface area is 286 Å². The van der Waals surface area contributed by atoms with Crippen LogP contribution in [0.15, 0.2) is 152 Å². The van der Waals surface area contributed by atoms with E-state index in [1.165, 1.54) is 10.3 Å². The van der Waals surface area contributed by atoms with Crippen LogP contribution >= 0.6 is 0 Å². The first-order valence-electron chi connectivity index (χ1n) is 16.7. The van der Waals surface area contributed by atoms with Crippen LogP contribution in [0.4, 0.5) is 22.7 Å². The van der Waals surface area contributed by atoms with Gasteiger partial charge in [-0.25, -0.2) is 4.90 Å². The summed E-state index contributed by atoms with van der Waals surface area (Å²) in [5, 5.41) is 2.33. The topological polar surface area (TPSA) is 45.6 Å². The molecule has 0 atom stereocenters. The number of carbonyl (C=O) groups is 2. The minimum Gasteiger partial charge on any atom is -0.310 e. The Kier molecular flexibility index (Phi) is 7.04. The van der Waals surface area contributed by atoms with E-state index in [-0.39, 0.29) is 11.8 Å². The maximum Gasteiger partial charge on any atom is 0.240 e. The second-order valence-electron chi connectivity index (χ2n) is 13.8. The SMILES string of the molecule is CC1(C)C(=O)N(c2ccc(N(c3ccc(-c4ccccc4)cc3)c3ccc4c(c3)c3ccccc3n4-c3ccccc3)cc2)C(=O)C1(C)C. The highest BCUT2D eigenvalue weighted by Crippen LogP contribution is 2.49. The number of rotatable bonds is 6. The predicted molar refractivity (Wildman–Crippen MR) is 201 cm³/mol. The van der Waals surface area contributed by atoms with Crippen molar-refractivity contribution in [2.75, 3.05) is 9.80 Å². The van der Waals surface area contributed by atoms with Crippen LogP contribution in [-0.4, -0.2) is 16.4 Å². The minimum atomic E-state index is -0.802. The second-order valence-corrected chi connectivity index (χ2v) is 13.8. The first-order chi connectivity index (χ1) is 23.7. The molecular weight excluding hydrogens is 603 g/mol. The Hall–Kier alpha value is -5.94. The van der Waals surface area contributed by atoms with Crippen molar-refractivity contribution < 1.29 is 9.59 Å². The molecule has 5 nitrogen and oxygen atoms in total. The summed E-state index contributed by atoms with van der Waals surface area (Å²) in [6, 6.07) is 52.3. The van der Waals surface area contributed by atoms with E-state index in [9.17, 15) is 9.59 Å². The highest BCUT2D eigenvalue weighted by molar-refractivity contribution is 6.24. The van der Waals surface area contributed by atoms with Gasteiger partial charge in [-0.1, -0.05) is 78.9 Å². The second kappa shape index (κ2) is 11.3. The van der Waals surface area contributed by atoms with Gasteiger partial charge in [0.05, 0.1) is 27.6 Å². The van der Waals surface area contributed by atoms with Gasteiger partial charge < -0.3 is 9.47 Å². The molecule has 2 amide bonds. The summed E-state index contributed by atoms with van der Waals surface area (Å²) in [5.41, 5.74) is 7.57. The molecule has 240 valence electrons. The fourth-order valence-corrected chi connectivity index (χ4v) is 7.01. The third-order valence-electron chi connectivity index (χ3n) is 10.6. The van der Waals surface area contributed by atoms with Crippen molar-refractivity contribution in [3.63, 3.8) is 0 Å². The van der Waals surface area contributed by atoms with E-state index in [4.69, 9.17) is 0 Å². The lowest BCUT2D eigenvalue weighted by atomic mass is 9.70. The van der Waals surface area contributed by atoms with Gasteiger partial charge in [0, 0.05) is 33.5 Å². The summed E-state index contributed by atoms with van der Waals surface area (Å²) in [6.45, 7) is 7.42. The number of nitrogens with zero attached hydrogens (tertiary/aromatic N) is 3. The van der Waals surface area contributed by atoms with Gasteiger partial charge in [0.1, 0.15) is 0 Å². The van der Waals surface area contributed by atoms with Gasteiger partial charge in [-0.3, -0.25) is 9.59 Å². The molecule has 1 saturated heterocycles. The van der Waals surface area contributed by atoms with E-state index in [2.05, 4.69) is 125 Å². The number of amides is 2. The molecule has 6 aromatic carbocycles. The number of hydrogen-bond acceptors (Lipinski definition) is 3. The molecule has 5 heteroatoms. The normalized spacial score (nSPS) is 15.3. The van der Waals surface area contributed by atoms with Crippen LogP contribution in [0, 0.1) is 10.8 Å². The highest BCUT2D eigenvalue weighted by Gasteiger charge is 2.59. The zero-order valence-electron chi connectivity index (χ0n) is 28.1. The van der Waals surface area contributed by atoms with Crippen LogP contribution in [0.3, 0.4) is 0 Å². The Balaban J connectivity index is 1.27. The molecule has 7 aromatic rings. The van der Waals surface area contributed by atoms with Gasteiger partial charge in [0.25, 0.3) is 0 Å². The van der Waals surface area contributed by atoms with Crippen molar-refractivity contribution in [1.29, 1.82) is 0 Å². The van der Waals surface area contributed by atoms with Crippen LogP contribution in [0.1, 0.15) is 27.7 Å². The monoisotopic (exact) mass is 639 g/mol. The predicted octanol–water partition coefficient (Wildman–Crippen LogP) is 10.8. The molecule has 0 N–H and O–H groups in total. The Morgan fingerprint density at radius 3 is 1.57 bits per heavy atom. The number of benzene rings is 6. The van der Waals surface area contributed by atoms with Crippen LogP contribution in [0.2, 0.25) is 0 Å². The van der Waals surface area contributed by atoms with Crippen LogP contribution in [0.5, 0.6) is 0 Å². The summed E-state index contributed by atoms with van der Waals surface area (Å²) >= 11 is 0. The molecule has 0 unspecified atom stereocenters. The third-order valence-corrected chi connectivity index (χ3v) is 10.6. The number of hydrogen-bond donors (Lipinski definition) is 0. The molecule has 0 radical (unpaired) electrons. The van der Waals surface area contributed by atoms with Gasteiger partial charge in [-0.2, -0.15) is 0 Å². The maximum atomic E-state index is 13.5.